The lowest BCUT2D eigenvalue weighted by Crippen LogP contribution is -2.34. The summed E-state index contributed by atoms with van der Waals surface area (Å²) < 4.78 is 50.0. The van der Waals surface area contributed by atoms with Crippen molar-refractivity contribution in [1.82, 2.24) is 14.9 Å². The molecule has 0 atom stereocenters. The van der Waals surface area contributed by atoms with E-state index in [1.807, 2.05) is 6.92 Å². The molecule has 2 aromatic carbocycles. The SMILES string of the molecule is CCOc1ccc(OCCNC(=O)Cn2cnc(-c3ccc(C(F)(F)F)cc3)cc2=O)cc1. The number of benzene rings is 2. The van der Waals surface area contributed by atoms with Crippen LogP contribution < -0.4 is 20.3 Å². The molecular formula is C23H22F3N3O4. The van der Waals surface area contributed by atoms with Gasteiger partial charge in [-0.15, -0.1) is 0 Å². The van der Waals surface area contributed by atoms with Crippen molar-refractivity contribution in [2.24, 2.45) is 0 Å². The number of ether oxygens (including phenoxy) is 2. The average molecular weight is 461 g/mol. The Morgan fingerprint density at radius 1 is 1.03 bits per heavy atom. The highest BCUT2D eigenvalue weighted by Crippen LogP contribution is 2.30. The topological polar surface area (TPSA) is 82.4 Å². The smallest absolute Gasteiger partial charge is 0.416 e. The zero-order valence-electron chi connectivity index (χ0n) is 17.8. The Morgan fingerprint density at radius 2 is 1.67 bits per heavy atom. The molecule has 10 heteroatoms. The Balaban J connectivity index is 1.49. The summed E-state index contributed by atoms with van der Waals surface area (Å²) in [6.07, 6.45) is -3.26. The summed E-state index contributed by atoms with van der Waals surface area (Å²) in [6.45, 7) is 2.69. The highest BCUT2D eigenvalue weighted by atomic mass is 19.4. The number of amides is 1. The van der Waals surface area contributed by atoms with E-state index >= 15 is 0 Å². The number of nitrogens with one attached hydrogen (secondary N) is 1. The number of alkyl halides is 3. The van der Waals surface area contributed by atoms with Crippen LogP contribution >= 0.6 is 0 Å². The maximum atomic E-state index is 12.7. The number of rotatable bonds is 9. The van der Waals surface area contributed by atoms with Gasteiger partial charge >= 0.3 is 6.18 Å². The molecule has 0 unspecified atom stereocenters. The van der Waals surface area contributed by atoms with Crippen LogP contribution in [0.15, 0.2) is 65.7 Å². The molecule has 7 nitrogen and oxygen atoms in total. The second kappa shape index (κ2) is 10.7. The molecule has 0 aliphatic heterocycles. The Morgan fingerprint density at radius 3 is 2.24 bits per heavy atom. The molecular weight excluding hydrogens is 439 g/mol. The predicted octanol–water partition coefficient (Wildman–Crippen LogP) is 3.52. The number of carbonyl (C=O) groups is 1. The van der Waals surface area contributed by atoms with E-state index in [1.165, 1.54) is 24.5 Å². The van der Waals surface area contributed by atoms with Gasteiger partial charge < -0.3 is 14.8 Å². The molecule has 1 aromatic heterocycles. The van der Waals surface area contributed by atoms with Gasteiger partial charge in [0.1, 0.15) is 24.7 Å². The number of hydrogen-bond donors (Lipinski definition) is 1. The van der Waals surface area contributed by atoms with Gasteiger partial charge in [-0.05, 0) is 43.3 Å². The molecule has 3 rings (SSSR count). The summed E-state index contributed by atoms with van der Waals surface area (Å²) in [5.74, 6) is 0.963. The minimum Gasteiger partial charge on any atom is -0.494 e. The quantitative estimate of drug-likeness (QED) is 0.493. The molecule has 0 spiro atoms. The van der Waals surface area contributed by atoms with Crippen LogP contribution in [0.1, 0.15) is 12.5 Å². The van der Waals surface area contributed by atoms with Gasteiger partial charge in [0.05, 0.1) is 30.7 Å². The van der Waals surface area contributed by atoms with Crippen LogP contribution in [0.3, 0.4) is 0 Å². The van der Waals surface area contributed by atoms with Gasteiger partial charge in [-0.25, -0.2) is 4.98 Å². The fourth-order valence-electron chi connectivity index (χ4n) is 2.90. The predicted molar refractivity (Wildman–Crippen MR) is 115 cm³/mol. The third-order valence-electron chi connectivity index (χ3n) is 4.53. The number of hydrogen-bond acceptors (Lipinski definition) is 5. The van der Waals surface area contributed by atoms with Gasteiger partial charge in [0, 0.05) is 11.6 Å². The Hall–Kier alpha value is -3.82. The lowest BCUT2D eigenvalue weighted by Gasteiger charge is -2.10. The molecule has 1 N–H and O–H groups in total. The second-order valence-electron chi connectivity index (χ2n) is 6.92. The first-order valence-electron chi connectivity index (χ1n) is 10.1. The number of nitrogens with zero attached hydrogens (tertiary/aromatic N) is 2. The van der Waals surface area contributed by atoms with Crippen LogP contribution in [0.2, 0.25) is 0 Å². The van der Waals surface area contributed by atoms with Crippen molar-refractivity contribution >= 4 is 5.91 Å². The van der Waals surface area contributed by atoms with E-state index in [-0.39, 0.29) is 25.4 Å². The molecule has 0 radical (unpaired) electrons. The zero-order chi connectivity index (χ0) is 23.8. The van der Waals surface area contributed by atoms with Crippen molar-refractivity contribution in [3.8, 4) is 22.8 Å². The van der Waals surface area contributed by atoms with Crippen LogP contribution in [-0.4, -0.2) is 35.2 Å². The van der Waals surface area contributed by atoms with E-state index in [1.54, 1.807) is 24.3 Å². The van der Waals surface area contributed by atoms with Crippen LogP contribution in [-0.2, 0) is 17.5 Å². The Bertz CT molecular complexity index is 1130. The third-order valence-corrected chi connectivity index (χ3v) is 4.53. The number of aromatic nitrogens is 2. The summed E-state index contributed by atoms with van der Waals surface area (Å²) in [4.78, 5) is 28.5. The molecule has 3 aromatic rings. The summed E-state index contributed by atoms with van der Waals surface area (Å²) >= 11 is 0. The molecule has 0 saturated heterocycles. The van der Waals surface area contributed by atoms with Crippen LogP contribution in [0, 0.1) is 0 Å². The first-order chi connectivity index (χ1) is 15.8. The van der Waals surface area contributed by atoms with E-state index in [9.17, 15) is 22.8 Å². The molecule has 1 amide bonds. The van der Waals surface area contributed by atoms with Crippen LogP contribution in [0.5, 0.6) is 11.5 Å². The lowest BCUT2D eigenvalue weighted by molar-refractivity contribution is -0.137. The van der Waals surface area contributed by atoms with Crippen molar-refractivity contribution in [1.29, 1.82) is 0 Å². The van der Waals surface area contributed by atoms with Crippen molar-refractivity contribution in [3.63, 3.8) is 0 Å². The Labute approximate surface area is 187 Å². The molecule has 0 aliphatic rings. The summed E-state index contributed by atoms with van der Waals surface area (Å²) in [7, 11) is 0. The molecule has 1 heterocycles. The molecule has 0 bridgehead atoms. The monoisotopic (exact) mass is 461 g/mol. The first-order valence-corrected chi connectivity index (χ1v) is 10.1. The average Bonchev–Trinajstić information content (AvgIpc) is 2.79. The lowest BCUT2D eigenvalue weighted by atomic mass is 10.1. The summed E-state index contributed by atoms with van der Waals surface area (Å²) in [5.41, 5.74) is -0.708. The fourth-order valence-corrected chi connectivity index (χ4v) is 2.90. The highest BCUT2D eigenvalue weighted by Gasteiger charge is 2.30. The van der Waals surface area contributed by atoms with Crippen LogP contribution in [0.4, 0.5) is 13.2 Å². The van der Waals surface area contributed by atoms with Gasteiger partial charge in [0.25, 0.3) is 5.56 Å². The third kappa shape index (κ3) is 6.83. The van der Waals surface area contributed by atoms with Gasteiger partial charge in [-0.1, -0.05) is 12.1 Å². The van der Waals surface area contributed by atoms with Crippen molar-refractivity contribution in [2.75, 3.05) is 19.8 Å². The van der Waals surface area contributed by atoms with Gasteiger partial charge in [0.15, 0.2) is 0 Å². The van der Waals surface area contributed by atoms with Gasteiger partial charge in [-0.2, -0.15) is 13.2 Å². The van der Waals surface area contributed by atoms with Crippen molar-refractivity contribution in [2.45, 2.75) is 19.6 Å². The summed E-state index contributed by atoms with van der Waals surface area (Å²) in [6, 6.07) is 12.6. The molecule has 0 aliphatic carbocycles. The zero-order valence-corrected chi connectivity index (χ0v) is 17.8. The minimum absolute atomic E-state index is 0.217. The van der Waals surface area contributed by atoms with Crippen LogP contribution in [0.25, 0.3) is 11.3 Å². The minimum atomic E-state index is -4.44. The second-order valence-corrected chi connectivity index (χ2v) is 6.92. The maximum absolute atomic E-state index is 12.7. The van der Waals surface area contributed by atoms with Gasteiger partial charge in [0.2, 0.25) is 5.91 Å². The molecule has 0 fully saturated rings. The van der Waals surface area contributed by atoms with Crippen molar-refractivity contribution < 1.29 is 27.4 Å². The number of halogens is 3. The van der Waals surface area contributed by atoms with E-state index in [4.69, 9.17) is 9.47 Å². The normalized spacial score (nSPS) is 11.2. The Kier molecular flexibility index (Phi) is 7.70. The maximum Gasteiger partial charge on any atom is 0.416 e. The standard InChI is InChI=1S/C23H22F3N3O4/c1-2-32-18-7-9-19(10-8-18)33-12-11-27-21(30)14-29-15-28-20(13-22(29)31)16-3-5-17(6-4-16)23(24,25)26/h3-10,13,15H,2,11-12,14H2,1H3,(H,27,30). The number of carbonyl (C=O) groups excluding carboxylic acids is 1. The molecule has 0 saturated carbocycles. The largest absolute Gasteiger partial charge is 0.494 e. The molecule has 174 valence electrons. The van der Waals surface area contributed by atoms with E-state index < -0.39 is 23.2 Å². The van der Waals surface area contributed by atoms with Crippen molar-refractivity contribution in [3.05, 3.63) is 76.8 Å². The molecule has 33 heavy (non-hydrogen) atoms. The van der Waals surface area contributed by atoms with E-state index in [0.717, 1.165) is 22.4 Å². The fraction of sp³-hybridized carbons (Fsp3) is 0.261. The highest BCUT2D eigenvalue weighted by molar-refractivity contribution is 5.75. The first kappa shape index (κ1) is 23.8. The van der Waals surface area contributed by atoms with E-state index in [0.29, 0.717) is 17.9 Å². The van der Waals surface area contributed by atoms with Gasteiger partial charge in [-0.3, -0.25) is 14.2 Å². The summed E-state index contributed by atoms with van der Waals surface area (Å²) in [5, 5.41) is 2.64. The van der Waals surface area contributed by atoms with E-state index in [2.05, 4.69) is 10.3 Å².